The van der Waals surface area contributed by atoms with Crippen molar-refractivity contribution in [1.82, 2.24) is 10.2 Å². The van der Waals surface area contributed by atoms with Gasteiger partial charge in [0.15, 0.2) is 0 Å². The van der Waals surface area contributed by atoms with Crippen LogP contribution in [0.3, 0.4) is 0 Å². The highest BCUT2D eigenvalue weighted by molar-refractivity contribution is 6.34. The molecule has 1 spiro atoms. The van der Waals surface area contributed by atoms with Crippen LogP contribution in [0.1, 0.15) is 36.9 Å². The molecule has 0 aromatic heterocycles. The molecule has 2 unspecified atom stereocenters. The Hall–Kier alpha value is -2.94. The van der Waals surface area contributed by atoms with Gasteiger partial charge >= 0.3 is 0 Å². The second kappa shape index (κ2) is 8.87. The van der Waals surface area contributed by atoms with E-state index >= 15 is 0 Å². The predicted octanol–water partition coefficient (Wildman–Crippen LogP) is 2.83. The second-order valence-electron chi connectivity index (χ2n) is 10.1. The number of likely N-dealkylation sites (tertiary alicyclic amines) is 1. The summed E-state index contributed by atoms with van der Waals surface area (Å²) in [5.41, 5.74) is -0.154. The molecule has 190 valence electrons. The Labute approximate surface area is 215 Å². The van der Waals surface area contributed by atoms with Crippen molar-refractivity contribution in [2.75, 3.05) is 19.0 Å². The molecule has 3 saturated heterocycles. The third-order valence-corrected chi connectivity index (χ3v) is 8.47. The average molecular weight is 512 g/mol. The van der Waals surface area contributed by atoms with Crippen LogP contribution < -0.4 is 10.6 Å². The number of halogens is 1. The lowest BCUT2D eigenvalue weighted by Gasteiger charge is -2.37. The minimum Gasteiger partial charge on any atom is -0.394 e. The molecule has 9 heteroatoms. The minimum absolute atomic E-state index is 0.291. The molecule has 2 aromatic carbocycles. The first-order valence-electron chi connectivity index (χ1n) is 12.1. The van der Waals surface area contributed by atoms with Gasteiger partial charge in [-0.15, -0.1) is 0 Å². The number of hydrogen-bond donors (Lipinski definition) is 3. The van der Waals surface area contributed by atoms with Crippen LogP contribution in [0, 0.1) is 18.8 Å². The lowest BCUT2D eigenvalue weighted by Crippen LogP contribution is -2.54. The van der Waals surface area contributed by atoms with Crippen molar-refractivity contribution in [3.63, 3.8) is 0 Å². The number of anilines is 1. The number of nitrogens with zero attached hydrogens (tertiary/aromatic N) is 1. The van der Waals surface area contributed by atoms with Crippen molar-refractivity contribution in [1.29, 1.82) is 0 Å². The zero-order valence-electron chi connectivity index (χ0n) is 20.5. The smallest absolute Gasteiger partial charge is 0.250 e. The van der Waals surface area contributed by atoms with Gasteiger partial charge in [-0.2, -0.15) is 0 Å². The van der Waals surface area contributed by atoms with Crippen LogP contribution >= 0.6 is 11.6 Å². The molecule has 0 aliphatic carbocycles. The maximum absolute atomic E-state index is 14.2. The van der Waals surface area contributed by atoms with E-state index in [9.17, 15) is 19.5 Å². The zero-order chi connectivity index (χ0) is 25.8. The van der Waals surface area contributed by atoms with Crippen molar-refractivity contribution in [2.45, 2.75) is 50.0 Å². The first-order chi connectivity index (χ1) is 17.2. The number of aryl methyl sites for hydroxylation is 1. The molecule has 5 rings (SSSR count). The minimum atomic E-state index is -1.20. The van der Waals surface area contributed by atoms with Crippen LogP contribution in [0.5, 0.6) is 0 Å². The number of aliphatic hydroxyl groups excluding tert-OH is 1. The fraction of sp³-hybridized carbons (Fsp3) is 0.444. The number of nitrogens with one attached hydrogen (secondary N) is 2. The normalized spacial score (nSPS) is 31.3. The number of benzene rings is 2. The maximum Gasteiger partial charge on any atom is 0.250 e. The third kappa shape index (κ3) is 3.46. The third-order valence-electron chi connectivity index (χ3n) is 8.15. The topological polar surface area (TPSA) is 108 Å². The lowest BCUT2D eigenvalue weighted by atomic mass is 9.66. The molecule has 3 heterocycles. The number of para-hydroxylation sites is 1. The number of amides is 3. The maximum atomic E-state index is 14.2. The van der Waals surface area contributed by atoms with E-state index in [-0.39, 0.29) is 11.8 Å². The van der Waals surface area contributed by atoms with Crippen LogP contribution in [0.25, 0.3) is 0 Å². The number of hydrogen-bond acceptors (Lipinski definition) is 5. The van der Waals surface area contributed by atoms with Gasteiger partial charge in [0, 0.05) is 7.05 Å². The van der Waals surface area contributed by atoms with Gasteiger partial charge in [-0.3, -0.25) is 14.4 Å². The summed E-state index contributed by atoms with van der Waals surface area (Å²) < 4.78 is 6.57. The van der Waals surface area contributed by atoms with Gasteiger partial charge in [0.1, 0.15) is 11.6 Å². The van der Waals surface area contributed by atoms with Gasteiger partial charge in [0.2, 0.25) is 17.7 Å². The molecule has 3 aliphatic rings. The summed E-state index contributed by atoms with van der Waals surface area (Å²) in [5, 5.41) is 16.5. The first-order valence-corrected chi connectivity index (χ1v) is 12.5. The first kappa shape index (κ1) is 24.7. The van der Waals surface area contributed by atoms with Crippen LogP contribution in [-0.2, 0) is 19.1 Å². The molecule has 2 bridgehead atoms. The molecular weight excluding hydrogens is 482 g/mol. The van der Waals surface area contributed by atoms with Crippen LogP contribution in [0.2, 0.25) is 5.02 Å². The molecule has 0 saturated carbocycles. The highest BCUT2D eigenvalue weighted by atomic mass is 35.5. The van der Waals surface area contributed by atoms with Gasteiger partial charge in [-0.05, 0) is 43.9 Å². The lowest BCUT2D eigenvalue weighted by molar-refractivity contribution is -0.148. The Balaban J connectivity index is 1.64. The summed E-state index contributed by atoms with van der Waals surface area (Å²) in [6.07, 6.45) is 0.975. The van der Waals surface area contributed by atoms with Crippen molar-refractivity contribution in [2.24, 2.45) is 11.8 Å². The predicted molar refractivity (Wildman–Crippen MR) is 134 cm³/mol. The number of rotatable bonds is 6. The number of carbonyl (C=O) groups excluding carboxylic acids is 3. The van der Waals surface area contributed by atoms with Gasteiger partial charge in [0.25, 0.3) is 0 Å². The highest BCUT2D eigenvalue weighted by Gasteiger charge is 2.78. The summed E-state index contributed by atoms with van der Waals surface area (Å²) in [6, 6.07) is 12.5. The van der Waals surface area contributed by atoms with E-state index in [0.29, 0.717) is 29.1 Å². The Bertz CT molecular complexity index is 1200. The average Bonchev–Trinajstić information content (AvgIpc) is 3.43. The SMILES string of the molecule is CNC(=O)[C@H]1[C@H]2C(=O)N([C@H](CO)c3ccccc3)C(C(=O)Nc3c(C)cccc3Cl)C23CC[C@]1(C)O3. The molecule has 3 fully saturated rings. The standard InChI is InChI=1S/C27H30ClN3O5/c1-15-8-7-11-17(28)21(15)30-24(34)22-27-13-12-26(2,36-27)19(23(33)29-3)20(27)25(35)31(22)18(14-32)16-9-5-4-6-10-16/h4-11,18-20,22,32H,12-14H2,1-3H3,(H,29,33)(H,30,34)/t18-,19-,20+,22?,26+,27?/m1/s1. The largest absolute Gasteiger partial charge is 0.394 e. The summed E-state index contributed by atoms with van der Waals surface area (Å²) in [4.78, 5) is 42.7. The summed E-state index contributed by atoms with van der Waals surface area (Å²) in [5.74, 6) is -2.72. The van der Waals surface area contributed by atoms with E-state index in [1.54, 1.807) is 12.1 Å². The summed E-state index contributed by atoms with van der Waals surface area (Å²) in [7, 11) is 1.53. The van der Waals surface area contributed by atoms with Crippen molar-refractivity contribution in [3.8, 4) is 0 Å². The van der Waals surface area contributed by atoms with E-state index in [1.165, 1.54) is 11.9 Å². The fourth-order valence-electron chi connectivity index (χ4n) is 6.57. The Morgan fingerprint density at radius 2 is 1.89 bits per heavy atom. The number of ether oxygens (including phenoxy) is 1. The van der Waals surface area contributed by atoms with Crippen molar-refractivity contribution < 1.29 is 24.2 Å². The number of aliphatic hydroxyl groups is 1. The Kier molecular flexibility index (Phi) is 6.09. The molecular formula is C27H30ClN3O5. The van der Waals surface area contributed by atoms with E-state index in [1.807, 2.05) is 50.2 Å². The van der Waals surface area contributed by atoms with Crippen LogP contribution in [0.4, 0.5) is 5.69 Å². The molecule has 3 aliphatic heterocycles. The molecule has 0 radical (unpaired) electrons. The molecule has 2 aromatic rings. The number of carbonyl (C=O) groups is 3. The molecule has 3 amide bonds. The van der Waals surface area contributed by atoms with Gasteiger partial charge < -0.3 is 25.4 Å². The van der Waals surface area contributed by atoms with Gasteiger partial charge in [-0.1, -0.05) is 54.1 Å². The molecule has 36 heavy (non-hydrogen) atoms. The highest BCUT2D eigenvalue weighted by Crippen LogP contribution is 2.64. The second-order valence-corrected chi connectivity index (χ2v) is 10.5. The van der Waals surface area contributed by atoms with Gasteiger partial charge in [-0.25, -0.2) is 0 Å². The van der Waals surface area contributed by atoms with Crippen LogP contribution in [0.15, 0.2) is 48.5 Å². The van der Waals surface area contributed by atoms with E-state index in [4.69, 9.17) is 16.3 Å². The molecule has 6 atom stereocenters. The van der Waals surface area contributed by atoms with Crippen LogP contribution in [-0.4, -0.2) is 58.6 Å². The fourth-order valence-corrected chi connectivity index (χ4v) is 6.84. The number of fused-ring (bicyclic) bond motifs is 1. The van der Waals surface area contributed by atoms with E-state index < -0.39 is 47.6 Å². The summed E-state index contributed by atoms with van der Waals surface area (Å²) in [6.45, 7) is 3.28. The van der Waals surface area contributed by atoms with Crippen molar-refractivity contribution in [3.05, 3.63) is 64.7 Å². The van der Waals surface area contributed by atoms with E-state index in [2.05, 4.69) is 10.6 Å². The van der Waals surface area contributed by atoms with E-state index in [0.717, 1.165) is 5.56 Å². The monoisotopic (exact) mass is 511 g/mol. The van der Waals surface area contributed by atoms with Gasteiger partial charge in [0.05, 0.1) is 40.8 Å². The summed E-state index contributed by atoms with van der Waals surface area (Å²) >= 11 is 6.41. The molecule has 8 nitrogen and oxygen atoms in total. The zero-order valence-corrected chi connectivity index (χ0v) is 21.2. The quantitative estimate of drug-likeness (QED) is 0.552. The van der Waals surface area contributed by atoms with Crippen molar-refractivity contribution >= 4 is 35.0 Å². The Morgan fingerprint density at radius 1 is 1.17 bits per heavy atom. The Morgan fingerprint density at radius 3 is 2.53 bits per heavy atom. The molecule has 3 N–H and O–H groups in total.